The van der Waals surface area contributed by atoms with E-state index >= 15 is 0 Å². The highest BCUT2D eigenvalue weighted by atomic mass is 32.2. The molecule has 1 unspecified atom stereocenters. The van der Waals surface area contributed by atoms with E-state index in [9.17, 15) is 18.3 Å². The van der Waals surface area contributed by atoms with Crippen LogP contribution >= 0.6 is 0 Å². The number of benzene rings is 1. The summed E-state index contributed by atoms with van der Waals surface area (Å²) in [6.45, 7) is 1.97. The number of methoxy groups -OCH3 is 1. The van der Waals surface area contributed by atoms with E-state index in [1.807, 2.05) is 6.92 Å². The summed E-state index contributed by atoms with van der Waals surface area (Å²) in [7, 11) is -2.50. The van der Waals surface area contributed by atoms with Gasteiger partial charge in [0.1, 0.15) is 10.6 Å². The van der Waals surface area contributed by atoms with Gasteiger partial charge in [-0.25, -0.2) is 17.9 Å². The van der Waals surface area contributed by atoms with Gasteiger partial charge >= 0.3 is 5.97 Å². The van der Waals surface area contributed by atoms with Crippen molar-refractivity contribution in [2.45, 2.75) is 56.4 Å². The number of carbonyl (C=O) groups is 1. The second-order valence-electron chi connectivity index (χ2n) is 8.79. The molecule has 0 saturated heterocycles. The first-order chi connectivity index (χ1) is 12.7. The summed E-state index contributed by atoms with van der Waals surface area (Å²) in [5, 5.41) is 9.22. The number of nitrogens with one attached hydrogen (secondary N) is 1. The van der Waals surface area contributed by atoms with E-state index in [-0.39, 0.29) is 27.7 Å². The van der Waals surface area contributed by atoms with E-state index < -0.39 is 16.0 Å². The zero-order valence-corrected chi connectivity index (χ0v) is 16.6. The maximum Gasteiger partial charge on any atom is 0.335 e. The lowest BCUT2D eigenvalue weighted by molar-refractivity contribution is -0.0666. The fourth-order valence-corrected chi connectivity index (χ4v) is 7.69. The van der Waals surface area contributed by atoms with Crippen molar-refractivity contribution in [1.82, 2.24) is 4.72 Å². The van der Waals surface area contributed by atoms with Crippen LogP contribution in [0.5, 0.6) is 5.75 Å². The molecular weight excluding hydrogens is 366 g/mol. The number of aromatic carboxylic acids is 1. The van der Waals surface area contributed by atoms with Gasteiger partial charge < -0.3 is 9.84 Å². The molecule has 27 heavy (non-hydrogen) atoms. The molecule has 0 aliphatic heterocycles. The molecule has 5 rings (SSSR count). The van der Waals surface area contributed by atoms with Crippen molar-refractivity contribution in [2.75, 3.05) is 7.11 Å². The summed E-state index contributed by atoms with van der Waals surface area (Å²) in [6.07, 6.45) is 7.17. The van der Waals surface area contributed by atoms with Crippen LogP contribution in [-0.2, 0) is 10.0 Å². The van der Waals surface area contributed by atoms with Gasteiger partial charge in [0.15, 0.2) is 0 Å². The summed E-state index contributed by atoms with van der Waals surface area (Å²) in [4.78, 5) is 11.2. The Balaban J connectivity index is 1.62. The second-order valence-corrected chi connectivity index (χ2v) is 10.5. The molecule has 1 aromatic rings. The van der Waals surface area contributed by atoms with Gasteiger partial charge in [0, 0.05) is 6.04 Å². The SMILES string of the molecule is COc1ccc(C(=O)O)cc1S(=O)(=O)NC(C)C12CC3CC(CC(C3)C1)C2. The zero-order chi connectivity index (χ0) is 19.4. The summed E-state index contributed by atoms with van der Waals surface area (Å²) < 4.78 is 34.3. The third-order valence-electron chi connectivity index (χ3n) is 7.04. The maximum atomic E-state index is 13.1. The standard InChI is InChI=1S/C20H27NO5S/c1-12(20-9-13-5-14(10-20)7-15(6-13)11-20)21-27(24,25)18-8-16(19(22)23)3-4-17(18)26-2/h3-4,8,12-15,21H,5-7,9-11H2,1-2H3,(H,22,23). The topological polar surface area (TPSA) is 92.7 Å². The van der Waals surface area contributed by atoms with Gasteiger partial charge in [0.2, 0.25) is 10.0 Å². The highest BCUT2D eigenvalue weighted by Gasteiger charge is 2.53. The largest absolute Gasteiger partial charge is 0.495 e. The highest BCUT2D eigenvalue weighted by Crippen LogP contribution is 2.61. The maximum absolute atomic E-state index is 13.1. The van der Waals surface area contributed by atoms with Crippen molar-refractivity contribution in [3.8, 4) is 5.75 Å². The zero-order valence-electron chi connectivity index (χ0n) is 15.8. The van der Waals surface area contributed by atoms with Crippen LogP contribution in [0.15, 0.2) is 23.1 Å². The number of sulfonamides is 1. The van der Waals surface area contributed by atoms with Gasteiger partial charge in [-0.2, -0.15) is 0 Å². The van der Waals surface area contributed by atoms with E-state index in [0.29, 0.717) is 0 Å². The molecule has 4 bridgehead atoms. The van der Waals surface area contributed by atoms with Gasteiger partial charge in [-0.3, -0.25) is 0 Å². The van der Waals surface area contributed by atoms with Crippen molar-refractivity contribution < 1.29 is 23.1 Å². The van der Waals surface area contributed by atoms with Crippen molar-refractivity contribution in [3.05, 3.63) is 23.8 Å². The van der Waals surface area contributed by atoms with Crippen LogP contribution in [0.2, 0.25) is 0 Å². The third-order valence-corrected chi connectivity index (χ3v) is 8.60. The van der Waals surface area contributed by atoms with Crippen LogP contribution in [0, 0.1) is 23.2 Å². The van der Waals surface area contributed by atoms with Gasteiger partial charge in [0.05, 0.1) is 12.7 Å². The molecule has 4 aliphatic rings. The average Bonchev–Trinajstić information content (AvgIpc) is 2.59. The summed E-state index contributed by atoms with van der Waals surface area (Å²) in [5.41, 5.74) is -0.0435. The fourth-order valence-electron chi connectivity index (χ4n) is 6.15. The smallest absolute Gasteiger partial charge is 0.335 e. The number of carboxylic acid groups (broad SMARTS) is 1. The number of carboxylic acids is 1. The van der Waals surface area contributed by atoms with Crippen molar-refractivity contribution >= 4 is 16.0 Å². The molecule has 2 N–H and O–H groups in total. The van der Waals surface area contributed by atoms with E-state index in [1.165, 1.54) is 44.6 Å². The van der Waals surface area contributed by atoms with Crippen LogP contribution in [0.1, 0.15) is 55.8 Å². The normalized spacial score (nSPS) is 33.0. The second kappa shape index (κ2) is 6.48. The lowest BCUT2D eigenvalue weighted by atomic mass is 9.48. The van der Waals surface area contributed by atoms with Crippen molar-refractivity contribution in [1.29, 1.82) is 0 Å². The van der Waals surface area contributed by atoms with Crippen molar-refractivity contribution in [3.63, 3.8) is 0 Å². The van der Waals surface area contributed by atoms with Crippen LogP contribution in [0.3, 0.4) is 0 Å². The molecule has 0 spiro atoms. The first-order valence-corrected chi connectivity index (χ1v) is 11.1. The van der Waals surface area contributed by atoms with Crippen LogP contribution in [0.4, 0.5) is 0 Å². The Kier molecular flexibility index (Phi) is 4.50. The van der Waals surface area contributed by atoms with E-state index in [0.717, 1.165) is 37.0 Å². The Hall–Kier alpha value is -1.60. The molecule has 0 amide bonds. The molecular formula is C20H27NO5S. The van der Waals surface area contributed by atoms with E-state index in [2.05, 4.69) is 4.72 Å². The molecule has 4 saturated carbocycles. The minimum Gasteiger partial charge on any atom is -0.495 e. The predicted octanol–water partition coefficient (Wildman–Crippen LogP) is 3.28. The first-order valence-electron chi connectivity index (χ1n) is 9.66. The molecule has 148 valence electrons. The van der Waals surface area contributed by atoms with Crippen LogP contribution in [-0.4, -0.2) is 32.6 Å². The molecule has 1 atom stereocenters. The monoisotopic (exact) mass is 393 g/mol. The van der Waals surface area contributed by atoms with Crippen LogP contribution in [0.25, 0.3) is 0 Å². The fraction of sp³-hybridized carbons (Fsp3) is 0.650. The number of hydrogen-bond donors (Lipinski definition) is 2. The summed E-state index contributed by atoms with van der Waals surface area (Å²) in [5.74, 6) is 1.18. The van der Waals surface area contributed by atoms with Gasteiger partial charge in [-0.1, -0.05) is 0 Å². The molecule has 0 aromatic heterocycles. The van der Waals surface area contributed by atoms with Gasteiger partial charge in [0.25, 0.3) is 0 Å². The minimum absolute atomic E-state index is 0.0272. The molecule has 7 heteroatoms. The quantitative estimate of drug-likeness (QED) is 0.774. The van der Waals surface area contributed by atoms with Gasteiger partial charge in [-0.05, 0) is 86.8 Å². The lowest BCUT2D eigenvalue weighted by Crippen LogP contribution is -2.55. The molecule has 0 heterocycles. The number of ether oxygens (including phenoxy) is 1. The number of rotatable bonds is 6. The predicted molar refractivity (Wildman–Crippen MR) is 100 cm³/mol. The molecule has 0 radical (unpaired) electrons. The van der Waals surface area contributed by atoms with E-state index in [1.54, 1.807) is 0 Å². The Bertz CT molecular complexity index is 828. The Morgan fingerprint density at radius 2 is 1.74 bits per heavy atom. The average molecular weight is 394 g/mol. The molecule has 1 aromatic carbocycles. The Morgan fingerprint density at radius 1 is 1.19 bits per heavy atom. The lowest BCUT2D eigenvalue weighted by Gasteiger charge is -2.59. The van der Waals surface area contributed by atoms with E-state index in [4.69, 9.17) is 4.74 Å². The van der Waals surface area contributed by atoms with Crippen LogP contribution < -0.4 is 9.46 Å². The summed E-state index contributed by atoms with van der Waals surface area (Å²) >= 11 is 0. The molecule has 4 aliphatic carbocycles. The first kappa shape index (κ1) is 18.7. The minimum atomic E-state index is -3.89. The third kappa shape index (κ3) is 3.25. The van der Waals surface area contributed by atoms with Crippen molar-refractivity contribution in [2.24, 2.45) is 23.2 Å². The molecule has 4 fully saturated rings. The summed E-state index contributed by atoms with van der Waals surface area (Å²) in [6, 6.07) is 3.74. The highest BCUT2D eigenvalue weighted by molar-refractivity contribution is 7.89. The Morgan fingerprint density at radius 3 is 2.22 bits per heavy atom. The van der Waals surface area contributed by atoms with Gasteiger partial charge in [-0.15, -0.1) is 0 Å². The number of hydrogen-bond acceptors (Lipinski definition) is 4. The molecule has 6 nitrogen and oxygen atoms in total. The Labute approximate surface area is 160 Å².